The Balaban J connectivity index is 2.57. The second kappa shape index (κ2) is 6.62. The molecule has 0 fully saturated rings. The minimum absolute atomic E-state index is 0.147. The van der Waals surface area contributed by atoms with Crippen molar-refractivity contribution in [3.63, 3.8) is 0 Å². The predicted molar refractivity (Wildman–Crippen MR) is 88.8 cm³/mol. The number of aryl methyl sites for hydroxylation is 4. The van der Waals surface area contributed by atoms with E-state index in [9.17, 15) is 0 Å². The Morgan fingerprint density at radius 3 is 2.05 bits per heavy atom. The van der Waals surface area contributed by atoms with E-state index in [4.69, 9.17) is 4.42 Å². The summed E-state index contributed by atoms with van der Waals surface area (Å²) >= 11 is 3.86. The van der Waals surface area contributed by atoms with Crippen LogP contribution in [0, 0.1) is 6.92 Å². The van der Waals surface area contributed by atoms with Gasteiger partial charge in [-0.3, -0.25) is 0 Å². The smallest absolute Gasteiger partial charge is 0.124 e. The molecule has 0 radical (unpaired) electrons. The van der Waals surface area contributed by atoms with Crippen LogP contribution in [0.3, 0.4) is 0 Å². The van der Waals surface area contributed by atoms with Crippen LogP contribution < -0.4 is 0 Å². The molecule has 1 nitrogen and oxygen atoms in total. The summed E-state index contributed by atoms with van der Waals surface area (Å²) in [6.07, 6.45) is 4.97. The van der Waals surface area contributed by atoms with E-state index in [1.807, 2.05) is 6.07 Å². The first-order valence-corrected chi connectivity index (χ1v) is 8.36. The molecule has 0 bridgehead atoms. The van der Waals surface area contributed by atoms with E-state index in [0.717, 1.165) is 25.0 Å². The van der Waals surface area contributed by atoms with Gasteiger partial charge in [0.15, 0.2) is 0 Å². The number of furan rings is 1. The van der Waals surface area contributed by atoms with Crippen molar-refractivity contribution < 1.29 is 4.42 Å². The van der Waals surface area contributed by atoms with Crippen molar-refractivity contribution in [3.8, 4) is 0 Å². The van der Waals surface area contributed by atoms with Gasteiger partial charge in [-0.1, -0.05) is 48.8 Å². The minimum atomic E-state index is 0.147. The van der Waals surface area contributed by atoms with Crippen LogP contribution in [-0.4, -0.2) is 0 Å². The van der Waals surface area contributed by atoms with Crippen LogP contribution in [0.25, 0.3) is 0 Å². The standard InChI is InChI=1S/C18H23BrO/c1-5-13-10-14(6-2)16(15(7-3)11-13)17(19)18-12(4)8-9-20-18/h8-11,17H,5-7H2,1-4H3. The van der Waals surface area contributed by atoms with E-state index in [0.29, 0.717) is 0 Å². The molecule has 1 heterocycles. The van der Waals surface area contributed by atoms with Crippen LogP contribution in [0.5, 0.6) is 0 Å². The third-order valence-corrected chi connectivity index (χ3v) is 4.84. The highest BCUT2D eigenvalue weighted by atomic mass is 79.9. The highest BCUT2D eigenvalue weighted by Crippen LogP contribution is 2.38. The van der Waals surface area contributed by atoms with Gasteiger partial charge in [0, 0.05) is 0 Å². The number of halogens is 1. The Bertz CT molecular complexity index is 558. The number of benzene rings is 1. The van der Waals surface area contributed by atoms with Gasteiger partial charge >= 0.3 is 0 Å². The van der Waals surface area contributed by atoms with Crippen molar-refractivity contribution in [2.24, 2.45) is 0 Å². The van der Waals surface area contributed by atoms with E-state index in [-0.39, 0.29) is 4.83 Å². The summed E-state index contributed by atoms with van der Waals surface area (Å²) in [7, 11) is 0. The van der Waals surface area contributed by atoms with Crippen molar-refractivity contribution in [1.29, 1.82) is 0 Å². The maximum absolute atomic E-state index is 5.69. The molecule has 0 spiro atoms. The highest BCUT2D eigenvalue weighted by Gasteiger charge is 2.21. The maximum atomic E-state index is 5.69. The van der Waals surface area contributed by atoms with Crippen LogP contribution in [-0.2, 0) is 19.3 Å². The Labute approximate surface area is 130 Å². The minimum Gasteiger partial charge on any atom is -0.468 e. The lowest BCUT2D eigenvalue weighted by Crippen LogP contribution is -2.05. The third-order valence-electron chi connectivity index (χ3n) is 3.97. The zero-order chi connectivity index (χ0) is 14.7. The van der Waals surface area contributed by atoms with Crippen molar-refractivity contribution in [3.05, 3.63) is 58.0 Å². The molecular weight excluding hydrogens is 312 g/mol. The molecule has 0 N–H and O–H groups in total. The number of hydrogen-bond donors (Lipinski definition) is 0. The van der Waals surface area contributed by atoms with Gasteiger partial charge in [-0.2, -0.15) is 0 Å². The van der Waals surface area contributed by atoms with E-state index in [2.05, 4.69) is 55.8 Å². The fourth-order valence-electron chi connectivity index (χ4n) is 2.74. The lowest BCUT2D eigenvalue weighted by atomic mass is 9.90. The van der Waals surface area contributed by atoms with Gasteiger partial charge in [-0.25, -0.2) is 0 Å². The van der Waals surface area contributed by atoms with Gasteiger partial charge in [0.1, 0.15) is 5.76 Å². The lowest BCUT2D eigenvalue weighted by Gasteiger charge is -2.19. The molecule has 20 heavy (non-hydrogen) atoms. The summed E-state index contributed by atoms with van der Waals surface area (Å²) in [5, 5.41) is 0. The molecule has 1 aromatic carbocycles. The van der Waals surface area contributed by atoms with Crippen molar-refractivity contribution in [1.82, 2.24) is 0 Å². The molecule has 0 amide bonds. The predicted octanol–water partition coefficient (Wildman–Crippen LogP) is 5.76. The molecular formula is C18H23BrO. The fourth-order valence-corrected chi connectivity index (χ4v) is 3.80. The van der Waals surface area contributed by atoms with Gasteiger partial charge in [-0.15, -0.1) is 0 Å². The van der Waals surface area contributed by atoms with Gasteiger partial charge in [0.25, 0.3) is 0 Å². The molecule has 1 aromatic heterocycles. The summed E-state index contributed by atoms with van der Waals surface area (Å²) in [6.45, 7) is 8.78. The first kappa shape index (κ1) is 15.4. The maximum Gasteiger partial charge on any atom is 0.124 e. The van der Waals surface area contributed by atoms with E-state index >= 15 is 0 Å². The number of rotatable bonds is 5. The lowest BCUT2D eigenvalue weighted by molar-refractivity contribution is 0.516. The summed E-state index contributed by atoms with van der Waals surface area (Å²) in [4.78, 5) is 0.147. The first-order valence-electron chi connectivity index (χ1n) is 7.44. The van der Waals surface area contributed by atoms with Crippen LogP contribution in [0.2, 0.25) is 0 Å². The van der Waals surface area contributed by atoms with Gasteiger partial charge in [0.2, 0.25) is 0 Å². The number of hydrogen-bond acceptors (Lipinski definition) is 1. The van der Waals surface area contributed by atoms with Crippen LogP contribution in [0.15, 0.2) is 28.9 Å². The summed E-state index contributed by atoms with van der Waals surface area (Å²) in [6, 6.07) is 6.73. The molecule has 0 saturated heterocycles. The molecule has 0 aliphatic carbocycles. The Morgan fingerprint density at radius 1 is 1.05 bits per heavy atom. The Hall–Kier alpha value is -1.02. The first-order chi connectivity index (χ1) is 9.62. The van der Waals surface area contributed by atoms with E-state index in [1.165, 1.54) is 27.8 Å². The molecule has 0 aliphatic rings. The summed E-state index contributed by atoms with van der Waals surface area (Å²) in [5.74, 6) is 1.03. The van der Waals surface area contributed by atoms with E-state index in [1.54, 1.807) is 6.26 Å². The topological polar surface area (TPSA) is 13.1 Å². The largest absolute Gasteiger partial charge is 0.468 e. The number of alkyl halides is 1. The molecule has 2 rings (SSSR count). The van der Waals surface area contributed by atoms with E-state index < -0.39 is 0 Å². The van der Waals surface area contributed by atoms with Crippen LogP contribution in [0.1, 0.15) is 59.2 Å². The molecule has 2 heteroatoms. The highest BCUT2D eigenvalue weighted by molar-refractivity contribution is 9.09. The van der Waals surface area contributed by atoms with Crippen molar-refractivity contribution in [2.45, 2.75) is 51.8 Å². The van der Waals surface area contributed by atoms with Gasteiger partial charge in [0.05, 0.1) is 11.1 Å². The molecule has 0 saturated carbocycles. The Kier molecular flexibility index (Phi) is 5.09. The normalized spacial score (nSPS) is 12.7. The SMILES string of the molecule is CCc1cc(CC)c(C(Br)c2occc2C)c(CC)c1. The molecule has 0 aliphatic heterocycles. The molecule has 1 atom stereocenters. The van der Waals surface area contributed by atoms with Crippen molar-refractivity contribution >= 4 is 15.9 Å². The summed E-state index contributed by atoms with van der Waals surface area (Å²) < 4.78 is 5.69. The zero-order valence-corrected chi connectivity index (χ0v) is 14.4. The second-order valence-electron chi connectivity index (χ2n) is 5.22. The summed E-state index contributed by atoms with van der Waals surface area (Å²) in [5.41, 5.74) is 6.89. The monoisotopic (exact) mass is 334 g/mol. The molecule has 1 unspecified atom stereocenters. The van der Waals surface area contributed by atoms with Crippen LogP contribution >= 0.6 is 15.9 Å². The quantitative estimate of drug-likeness (QED) is 0.633. The Morgan fingerprint density at radius 2 is 1.65 bits per heavy atom. The molecule has 2 aromatic rings. The fraction of sp³-hybridized carbons (Fsp3) is 0.444. The van der Waals surface area contributed by atoms with Crippen molar-refractivity contribution in [2.75, 3.05) is 0 Å². The van der Waals surface area contributed by atoms with Gasteiger partial charge < -0.3 is 4.42 Å². The third kappa shape index (κ3) is 2.85. The van der Waals surface area contributed by atoms with Crippen LogP contribution in [0.4, 0.5) is 0 Å². The second-order valence-corrected chi connectivity index (χ2v) is 6.13. The average Bonchev–Trinajstić information content (AvgIpc) is 2.91. The van der Waals surface area contributed by atoms with Gasteiger partial charge in [-0.05, 0) is 60.1 Å². The zero-order valence-electron chi connectivity index (χ0n) is 12.8. The molecule has 108 valence electrons. The average molecular weight is 335 g/mol.